The average Bonchev–Trinajstić information content (AvgIpc) is 2.46. The maximum atomic E-state index is 12.3. The summed E-state index contributed by atoms with van der Waals surface area (Å²) in [5, 5.41) is 0. The smallest absolute Gasteiger partial charge is 0.338 e. The molecule has 0 aromatic heterocycles. The Hall–Kier alpha value is -1.60. The summed E-state index contributed by atoms with van der Waals surface area (Å²) in [5.74, 6) is -0.243. The van der Waals surface area contributed by atoms with Crippen LogP contribution in [-0.2, 0) is 4.79 Å². The third-order valence-electron chi connectivity index (χ3n) is 3.51. The van der Waals surface area contributed by atoms with Crippen molar-refractivity contribution < 1.29 is 18.0 Å². The lowest BCUT2D eigenvalue weighted by Crippen LogP contribution is -2.52. The van der Waals surface area contributed by atoms with Crippen LogP contribution in [-0.4, -0.2) is 54.6 Å². The Kier molecular flexibility index (Phi) is 4.84. The van der Waals surface area contributed by atoms with E-state index in [2.05, 4.69) is 0 Å². The highest BCUT2D eigenvalue weighted by Crippen LogP contribution is 2.19. The fourth-order valence-corrected chi connectivity index (χ4v) is 2.38. The summed E-state index contributed by atoms with van der Waals surface area (Å²) < 4.78 is 36.9. The van der Waals surface area contributed by atoms with Gasteiger partial charge in [-0.25, -0.2) is 0 Å². The predicted octanol–water partition coefficient (Wildman–Crippen LogP) is 1.39. The molecule has 1 atom stereocenters. The van der Waals surface area contributed by atoms with Crippen molar-refractivity contribution in [1.82, 2.24) is 9.80 Å². The zero-order valence-electron chi connectivity index (χ0n) is 11.5. The topological polar surface area (TPSA) is 49.6 Å². The zero-order chi connectivity index (χ0) is 15.5. The Bertz CT molecular complexity index is 470. The van der Waals surface area contributed by atoms with Gasteiger partial charge in [0.15, 0.2) is 0 Å². The van der Waals surface area contributed by atoms with Gasteiger partial charge >= 0.3 is 6.18 Å². The molecule has 1 heterocycles. The molecule has 1 aliphatic rings. The molecule has 1 aliphatic heterocycles. The van der Waals surface area contributed by atoms with Gasteiger partial charge in [0, 0.05) is 26.2 Å². The van der Waals surface area contributed by atoms with Crippen molar-refractivity contribution in [3.05, 3.63) is 35.9 Å². The van der Waals surface area contributed by atoms with Crippen LogP contribution in [0.5, 0.6) is 0 Å². The van der Waals surface area contributed by atoms with Crippen LogP contribution in [0.1, 0.15) is 11.6 Å². The van der Waals surface area contributed by atoms with E-state index < -0.39 is 18.8 Å². The van der Waals surface area contributed by atoms with Gasteiger partial charge in [0.1, 0.15) is 6.04 Å². The second-order valence-electron chi connectivity index (χ2n) is 5.10. The highest BCUT2D eigenvalue weighted by atomic mass is 19.4. The molecule has 0 bridgehead atoms. The maximum absolute atomic E-state index is 12.3. The van der Waals surface area contributed by atoms with E-state index in [1.54, 1.807) is 24.3 Å². The maximum Gasteiger partial charge on any atom is 0.401 e. The second-order valence-corrected chi connectivity index (χ2v) is 5.10. The summed E-state index contributed by atoms with van der Waals surface area (Å²) in [4.78, 5) is 15.1. The SMILES string of the molecule is N[C@H](C(=O)N1CCN(CC(F)(F)F)CC1)c1ccccc1. The van der Waals surface area contributed by atoms with Crippen molar-refractivity contribution in [3.8, 4) is 0 Å². The van der Waals surface area contributed by atoms with Crippen LogP contribution in [0.4, 0.5) is 13.2 Å². The van der Waals surface area contributed by atoms with Crippen molar-refractivity contribution in [2.24, 2.45) is 5.73 Å². The summed E-state index contributed by atoms with van der Waals surface area (Å²) in [6.45, 7) is 0.0458. The minimum atomic E-state index is -4.20. The molecule has 116 valence electrons. The molecule has 0 radical (unpaired) electrons. The quantitative estimate of drug-likeness (QED) is 0.918. The Morgan fingerprint density at radius 3 is 2.24 bits per heavy atom. The number of carbonyl (C=O) groups is 1. The molecule has 2 rings (SSSR count). The Morgan fingerprint density at radius 1 is 1.14 bits per heavy atom. The number of nitrogens with zero attached hydrogens (tertiary/aromatic N) is 2. The lowest BCUT2D eigenvalue weighted by molar-refractivity contribution is -0.152. The first-order valence-electron chi connectivity index (χ1n) is 6.75. The molecule has 1 saturated heterocycles. The molecule has 1 aromatic rings. The van der Waals surface area contributed by atoms with E-state index in [1.165, 1.54) is 9.80 Å². The van der Waals surface area contributed by atoms with E-state index in [9.17, 15) is 18.0 Å². The molecule has 4 nitrogen and oxygen atoms in total. The van der Waals surface area contributed by atoms with Crippen LogP contribution < -0.4 is 5.73 Å². The Labute approximate surface area is 121 Å². The van der Waals surface area contributed by atoms with Crippen molar-refractivity contribution in [3.63, 3.8) is 0 Å². The molecule has 0 aliphatic carbocycles. The molecule has 0 saturated carbocycles. The first-order chi connectivity index (χ1) is 9.87. The Balaban J connectivity index is 1.89. The average molecular weight is 301 g/mol. The molecule has 1 amide bonds. The van der Waals surface area contributed by atoms with Gasteiger partial charge in [0.05, 0.1) is 6.54 Å². The minimum absolute atomic E-state index is 0.215. The van der Waals surface area contributed by atoms with Crippen LogP contribution in [0.25, 0.3) is 0 Å². The van der Waals surface area contributed by atoms with E-state index >= 15 is 0 Å². The molecule has 2 N–H and O–H groups in total. The largest absolute Gasteiger partial charge is 0.401 e. The summed E-state index contributed by atoms with van der Waals surface area (Å²) in [7, 11) is 0. The first kappa shape index (κ1) is 15.8. The van der Waals surface area contributed by atoms with Crippen molar-refractivity contribution in [1.29, 1.82) is 0 Å². The summed E-state index contributed by atoms with van der Waals surface area (Å²) in [6.07, 6.45) is -4.20. The molecule has 0 unspecified atom stereocenters. The molecular weight excluding hydrogens is 283 g/mol. The number of halogens is 3. The van der Waals surface area contributed by atoms with Crippen LogP contribution >= 0.6 is 0 Å². The number of rotatable bonds is 3. The molecular formula is C14H18F3N3O. The first-order valence-corrected chi connectivity index (χ1v) is 6.75. The van der Waals surface area contributed by atoms with E-state index in [4.69, 9.17) is 5.73 Å². The molecule has 1 aromatic carbocycles. The van der Waals surface area contributed by atoms with Crippen LogP contribution in [0.3, 0.4) is 0 Å². The van der Waals surface area contributed by atoms with Gasteiger partial charge in [-0.3, -0.25) is 9.69 Å². The number of hydrogen-bond acceptors (Lipinski definition) is 3. The fourth-order valence-electron chi connectivity index (χ4n) is 2.38. The van der Waals surface area contributed by atoms with Gasteiger partial charge in [0.2, 0.25) is 5.91 Å². The number of alkyl halides is 3. The van der Waals surface area contributed by atoms with Gasteiger partial charge in [-0.1, -0.05) is 30.3 Å². The van der Waals surface area contributed by atoms with E-state index in [0.29, 0.717) is 5.56 Å². The molecule has 7 heteroatoms. The normalized spacial score (nSPS) is 18.6. The summed E-state index contributed by atoms with van der Waals surface area (Å²) in [6, 6.07) is 8.19. The number of amides is 1. The van der Waals surface area contributed by atoms with Crippen molar-refractivity contribution in [2.45, 2.75) is 12.2 Å². The summed E-state index contributed by atoms with van der Waals surface area (Å²) >= 11 is 0. The van der Waals surface area contributed by atoms with E-state index in [1.807, 2.05) is 6.07 Å². The molecule has 0 spiro atoms. The summed E-state index contributed by atoms with van der Waals surface area (Å²) in [5.41, 5.74) is 6.63. The van der Waals surface area contributed by atoms with Crippen molar-refractivity contribution in [2.75, 3.05) is 32.7 Å². The second kappa shape index (κ2) is 6.44. The third kappa shape index (κ3) is 4.44. The number of benzene rings is 1. The van der Waals surface area contributed by atoms with Gasteiger partial charge < -0.3 is 10.6 Å². The minimum Gasteiger partial charge on any atom is -0.338 e. The zero-order valence-corrected chi connectivity index (χ0v) is 11.5. The highest BCUT2D eigenvalue weighted by molar-refractivity contribution is 5.83. The number of piperazine rings is 1. The lowest BCUT2D eigenvalue weighted by Gasteiger charge is -2.36. The van der Waals surface area contributed by atoms with Crippen molar-refractivity contribution >= 4 is 5.91 Å². The van der Waals surface area contributed by atoms with Gasteiger partial charge in [-0.2, -0.15) is 13.2 Å². The number of nitrogens with two attached hydrogens (primary N) is 1. The van der Waals surface area contributed by atoms with Crippen LogP contribution in [0.2, 0.25) is 0 Å². The molecule has 21 heavy (non-hydrogen) atoms. The van der Waals surface area contributed by atoms with Gasteiger partial charge in [-0.15, -0.1) is 0 Å². The van der Waals surface area contributed by atoms with Crippen LogP contribution in [0, 0.1) is 0 Å². The highest BCUT2D eigenvalue weighted by Gasteiger charge is 2.33. The molecule has 1 fully saturated rings. The van der Waals surface area contributed by atoms with Crippen LogP contribution in [0.15, 0.2) is 30.3 Å². The Morgan fingerprint density at radius 2 is 1.71 bits per heavy atom. The third-order valence-corrected chi connectivity index (χ3v) is 3.51. The predicted molar refractivity (Wildman–Crippen MR) is 72.4 cm³/mol. The fraction of sp³-hybridized carbons (Fsp3) is 0.500. The van der Waals surface area contributed by atoms with E-state index in [-0.39, 0.29) is 32.1 Å². The monoisotopic (exact) mass is 301 g/mol. The standard InChI is InChI=1S/C14H18F3N3O/c15-14(16,17)10-19-6-8-20(9-7-19)13(21)12(18)11-4-2-1-3-5-11/h1-5,12H,6-10,18H2/t12-/m0/s1. The number of carbonyl (C=O) groups excluding carboxylic acids is 1. The van der Waals surface area contributed by atoms with E-state index in [0.717, 1.165) is 0 Å². The van der Waals surface area contributed by atoms with Gasteiger partial charge in [-0.05, 0) is 5.56 Å². The van der Waals surface area contributed by atoms with Gasteiger partial charge in [0.25, 0.3) is 0 Å². The lowest BCUT2D eigenvalue weighted by atomic mass is 10.1. The number of hydrogen-bond donors (Lipinski definition) is 1.